The molecule has 30 heavy (non-hydrogen) atoms. The van der Waals surface area contributed by atoms with Gasteiger partial charge in [0.1, 0.15) is 0 Å². The number of hydrogen-bond donors (Lipinski definition) is 2. The zero-order valence-electron chi connectivity index (χ0n) is 17.2. The molecule has 2 N–H and O–H groups in total. The summed E-state index contributed by atoms with van der Waals surface area (Å²) in [5.41, 5.74) is 7.28. The van der Waals surface area contributed by atoms with E-state index in [2.05, 4.69) is 61.7 Å². The van der Waals surface area contributed by atoms with Crippen molar-refractivity contribution in [3.05, 3.63) is 65.2 Å². The third-order valence-electron chi connectivity index (χ3n) is 4.74. The minimum absolute atomic E-state index is 0.380. The van der Waals surface area contributed by atoms with Crippen LogP contribution in [0.2, 0.25) is 0 Å². The van der Waals surface area contributed by atoms with Crippen molar-refractivity contribution in [1.82, 2.24) is 15.0 Å². The van der Waals surface area contributed by atoms with Crippen LogP contribution in [0.3, 0.4) is 0 Å². The van der Waals surface area contributed by atoms with E-state index in [0.29, 0.717) is 31.1 Å². The fourth-order valence-corrected chi connectivity index (χ4v) is 3.16. The maximum absolute atomic E-state index is 5.44. The number of para-hydroxylation sites is 1. The summed E-state index contributed by atoms with van der Waals surface area (Å²) >= 11 is 0. The number of anilines is 4. The molecule has 2 heterocycles. The molecule has 0 unspecified atom stereocenters. The summed E-state index contributed by atoms with van der Waals surface area (Å²) in [4.78, 5) is 15.7. The van der Waals surface area contributed by atoms with Crippen molar-refractivity contribution in [2.75, 3.05) is 41.9 Å². The summed E-state index contributed by atoms with van der Waals surface area (Å²) in [5, 5.41) is 7.57. The monoisotopic (exact) mass is 403 g/mol. The Morgan fingerprint density at radius 2 is 1.73 bits per heavy atom. The first kappa shape index (κ1) is 19.8. The highest BCUT2D eigenvalue weighted by atomic mass is 16.5. The summed E-state index contributed by atoms with van der Waals surface area (Å²) < 4.78 is 5.44. The highest BCUT2D eigenvalue weighted by molar-refractivity contribution is 5.82. The van der Waals surface area contributed by atoms with Gasteiger partial charge in [-0.2, -0.15) is 20.1 Å². The van der Waals surface area contributed by atoms with Gasteiger partial charge in [-0.15, -0.1) is 0 Å². The first-order valence-electron chi connectivity index (χ1n) is 9.94. The molecule has 8 heteroatoms. The maximum atomic E-state index is 5.44. The molecular formula is C22H25N7O. The minimum Gasteiger partial charge on any atom is -0.378 e. The average Bonchev–Trinajstić information content (AvgIpc) is 2.76. The Bertz CT molecular complexity index is 1020. The smallest absolute Gasteiger partial charge is 0.250 e. The Kier molecular flexibility index (Phi) is 6.14. The lowest BCUT2D eigenvalue weighted by molar-refractivity contribution is 0.122. The van der Waals surface area contributed by atoms with Gasteiger partial charge in [-0.3, -0.25) is 0 Å². The molecule has 1 aliphatic heterocycles. The van der Waals surface area contributed by atoms with Crippen LogP contribution in [0.4, 0.5) is 23.5 Å². The van der Waals surface area contributed by atoms with Gasteiger partial charge in [0.15, 0.2) is 0 Å². The van der Waals surface area contributed by atoms with Gasteiger partial charge in [0.05, 0.1) is 19.4 Å². The number of nitrogens with zero attached hydrogens (tertiary/aromatic N) is 5. The number of aromatic nitrogens is 3. The van der Waals surface area contributed by atoms with Crippen molar-refractivity contribution in [1.29, 1.82) is 0 Å². The van der Waals surface area contributed by atoms with Crippen LogP contribution in [0.1, 0.15) is 16.7 Å². The van der Waals surface area contributed by atoms with Crippen LogP contribution in [0.25, 0.3) is 0 Å². The third kappa shape index (κ3) is 5.09. The molecule has 2 aromatic carbocycles. The Labute approximate surface area is 176 Å². The molecule has 3 aromatic rings. The van der Waals surface area contributed by atoms with E-state index in [-0.39, 0.29) is 0 Å². The van der Waals surface area contributed by atoms with E-state index in [1.165, 1.54) is 5.56 Å². The number of benzene rings is 2. The van der Waals surface area contributed by atoms with E-state index in [4.69, 9.17) is 4.74 Å². The Morgan fingerprint density at radius 1 is 0.967 bits per heavy atom. The van der Waals surface area contributed by atoms with E-state index in [1.807, 2.05) is 36.4 Å². The van der Waals surface area contributed by atoms with Gasteiger partial charge in [0.2, 0.25) is 17.8 Å². The molecule has 1 aliphatic rings. The topological polar surface area (TPSA) is 87.6 Å². The minimum atomic E-state index is 0.380. The maximum Gasteiger partial charge on any atom is 0.250 e. The van der Waals surface area contributed by atoms with E-state index < -0.39 is 0 Å². The van der Waals surface area contributed by atoms with Gasteiger partial charge in [-0.25, -0.2) is 5.43 Å². The lowest BCUT2D eigenvalue weighted by atomic mass is 10.1. The SMILES string of the molecule is Cc1ccc(C=NNc2nc(Nc3ccccc3)nc(N3CCOCC3)n2)c(C)c1. The number of hydrazone groups is 1. The van der Waals surface area contributed by atoms with Crippen LogP contribution >= 0.6 is 0 Å². The Hall–Kier alpha value is -3.52. The van der Waals surface area contributed by atoms with Gasteiger partial charge in [-0.1, -0.05) is 42.0 Å². The molecule has 154 valence electrons. The molecule has 0 atom stereocenters. The zero-order valence-corrected chi connectivity index (χ0v) is 17.2. The molecule has 8 nitrogen and oxygen atoms in total. The van der Waals surface area contributed by atoms with Crippen molar-refractivity contribution in [3.63, 3.8) is 0 Å². The number of hydrogen-bond acceptors (Lipinski definition) is 8. The molecule has 0 spiro atoms. The average molecular weight is 403 g/mol. The first-order chi connectivity index (χ1) is 14.7. The highest BCUT2D eigenvalue weighted by Crippen LogP contribution is 2.18. The van der Waals surface area contributed by atoms with Crippen molar-refractivity contribution < 1.29 is 4.74 Å². The van der Waals surface area contributed by atoms with E-state index >= 15 is 0 Å². The Morgan fingerprint density at radius 3 is 2.50 bits per heavy atom. The van der Waals surface area contributed by atoms with E-state index in [9.17, 15) is 0 Å². The van der Waals surface area contributed by atoms with Gasteiger partial charge in [-0.05, 0) is 37.1 Å². The standard InChI is InChI=1S/C22H25N7O/c1-16-8-9-18(17(2)14-16)15-23-28-21-25-20(24-19-6-4-3-5-7-19)26-22(27-21)29-10-12-30-13-11-29/h3-9,14-15H,10-13H2,1-2H3,(H2,24,25,26,27,28). The molecule has 4 rings (SSSR count). The van der Waals surface area contributed by atoms with Crippen LogP contribution in [0.15, 0.2) is 53.6 Å². The zero-order chi connectivity index (χ0) is 20.8. The quantitative estimate of drug-likeness (QED) is 0.481. The van der Waals surface area contributed by atoms with Crippen molar-refractivity contribution in [2.45, 2.75) is 13.8 Å². The largest absolute Gasteiger partial charge is 0.378 e. The third-order valence-corrected chi connectivity index (χ3v) is 4.74. The van der Waals surface area contributed by atoms with Gasteiger partial charge in [0, 0.05) is 18.8 Å². The van der Waals surface area contributed by atoms with Gasteiger partial charge >= 0.3 is 0 Å². The molecular weight excluding hydrogens is 378 g/mol. The predicted octanol–water partition coefficient (Wildman–Crippen LogP) is 3.51. The lowest BCUT2D eigenvalue weighted by Gasteiger charge is -2.27. The summed E-state index contributed by atoms with van der Waals surface area (Å²) in [6, 6.07) is 16.0. The second-order valence-corrected chi connectivity index (χ2v) is 7.10. The summed E-state index contributed by atoms with van der Waals surface area (Å²) in [6.07, 6.45) is 1.78. The van der Waals surface area contributed by atoms with Crippen LogP contribution < -0.4 is 15.6 Å². The number of ether oxygens (including phenoxy) is 1. The first-order valence-corrected chi connectivity index (χ1v) is 9.94. The van der Waals surface area contributed by atoms with Crippen LogP contribution in [0.5, 0.6) is 0 Å². The predicted molar refractivity (Wildman–Crippen MR) is 120 cm³/mol. The van der Waals surface area contributed by atoms with Crippen LogP contribution in [-0.2, 0) is 4.74 Å². The van der Waals surface area contributed by atoms with Crippen LogP contribution in [-0.4, -0.2) is 47.5 Å². The highest BCUT2D eigenvalue weighted by Gasteiger charge is 2.16. The van der Waals surface area contributed by atoms with E-state index in [1.54, 1.807) is 6.21 Å². The second kappa shape index (κ2) is 9.32. The fraction of sp³-hybridized carbons (Fsp3) is 0.273. The van der Waals surface area contributed by atoms with Crippen LogP contribution in [0, 0.1) is 13.8 Å². The summed E-state index contributed by atoms with van der Waals surface area (Å²) in [6.45, 7) is 6.92. The molecule has 1 aromatic heterocycles. The molecule has 1 saturated heterocycles. The van der Waals surface area contributed by atoms with Crippen molar-refractivity contribution in [2.24, 2.45) is 5.10 Å². The number of aryl methyl sites for hydroxylation is 2. The normalized spacial score (nSPS) is 14.1. The molecule has 0 amide bonds. The molecule has 0 radical (unpaired) electrons. The molecule has 0 saturated carbocycles. The van der Waals surface area contributed by atoms with Crippen molar-refractivity contribution in [3.8, 4) is 0 Å². The molecule has 1 fully saturated rings. The number of morpholine rings is 1. The molecule has 0 aliphatic carbocycles. The summed E-state index contributed by atoms with van der Waals surface area (Å²) in [5.74, 6) is 1.43. The number of rotatable bonds is 6. The summed E-state index contributed by atoms with van der Waals surface area (Å²) in [7, 11) is 0. The van der Waals surface area contributed by atoms with Crippen molar-refractivity contribution >= 4 is 29.7 Å². The van der Waals surface area contributed by atoms with E-state index in [0.717, 1.165) is 29.9 Å². The number of nitrogens with one attached hydrogen (secondary N) is 2. The molecule has 0 bridgehead atoms. The Balaban J connectivity index is 1.57. The van der Waals surface area contributed by atoms with Gasteiger partial charge < -0.3 is 15.0 Å². The fourth-order valence-electron chi connectivity index (χ4n) is 3.16. The lowest BCUT2D eigenvalue weighted by Crippen LogP contribution is -2.37. The van der Waals surface area contributed by atoms with Gasteiger partial charge in [0.25, 0.3) is 0 Å². The second-order valence-electron chi connectivity index (χ2n) is 7.10.